The third-order valence-electron chi connectivity index (χ3n) is 2.30. The number of hydrogen-bond acceptors (Lipinski definition) is 2. The van der Waals surface area contributed by atoms with Crippen molar-refractivity contribution in [3.8, 4) is 22.9 Å². The van der Waals surface area contributed by atoms with Gasteiger partial charge in [0.25, 0.3) is 0 Å². The number of phenolic OH excluding ortho intramolecular Hbond substituents is 1. The molecule has 17 heavy (non-hydrogen) atoms. The highest BCUT2D eigenvalue weighted by atomic mass is 35.5. The standard InChI is InChI=1S/C13H7Cl2NO/c14-12-2-1-9(6-13(12)15)10-3-8(7-16)4-11(17)5-10/h1-6,17H. The van der Waals surface area contributed by atoms with Gasteiger partial charge < -0.3 is 5.11 Å². The van der Waals surface area contributed by atoms with E-state index in [1.165, 1.54) is 6.07 Å². The highest BCUT2D eigenvalue weighted by Gasteiger charge is 2.05. The van der Waals surface area contributed by atoms with E-state index in [9.17, 15) is 5.11 Å². The van der Waals surface area contributed by atoms with Crippen molar-refractivity contribution in [1.29, 1.82) is 5.26 Å². The van der Waals surface area contributed by atoms with Crippen LogP contribution in [0, 0.1) is 11.3 Å². The summed E-state index contributed by atoms with van der Waals surface area (Å²) in [7, 11) is 0. The predicted octanol–water partition coefficient (Wildman–Crippen LogP) is 4.24. The lowest BCUT2D eigenvalue weighted by Crippen LogP contribution is -1.81. The molecule has 2 aromatic rings. The molecule has 0 fully saturated rings. The average Bonchev–Trinajstić information content (AvgIpc) is 2.32. The Labute approximate surface area is 109 Å². The SMILES string of the molecule is N#Cc1cc(O)cc(-c2ccc(Cl)c(Cl)c2)c1. The molecule has 2 rings (SSSR count). The summed E-state index contributed by atoms with van der Waals surface area (Å²) >= 11 is 11.7. The first-order chi connectivity index (χ1) is 8.10. The second kappa shape index (κ2) is 4.67. The summed E-state index contributed by atoms with van der Waals surface area (Å²) in [6.07, 6.45) is 0. The van der Waals surface area contributed by atoms with Gasteiger partial charge in [0, 0.05) is 0 Å². The molecule has 0 saturated carbocycles. The second-order valence-corrected chi connectivity index (χ2v) is 4.32. The first-order valence-corrected chi connectivity index (χ1v) is 5.55. The van der Waals surface area contributed by atoms with Crippen LogP contribution in [0.5, 0.6) is 5.75 Å². The second-order valence-electron chi connectivity index (χ2n) is 3.51. The molecule has 0 aromatic heterocycles. The third-order valence-corrected chi connectivity index (χ3v) is 3.04. The van der Waals surface area contributed by atoms with E-state index >= 15 is 0 Å². The Morgan fingerprint density at radius 2 is 1.71 bits per heavy atom. The van der Waals surface area contributed by atoms with Gasteiger partial charge in [-0.3, -0.25) is 0 Å². The number of halogens is 2. The Morgan fingerprint density at radius 1 is 0.941 bits per heavy atom. The van der Waals surface area contributed by atoms with Crippen molar-refractivity contribution >= 4 is 23.2 Å². The van der Waals surface area contributed by atoms with Crippen molar-refractivity contribution in [1.82, 2.24) is 0 Å². The summed E-state index contributed by atoms with van der Waals surface area (Å²) in [5.74, 6) is 0.0464. The molecular formula is C13H7Cl2NO. The monoisotopic (exact) mass is 263 g/mol. The molecule has 2 nitrogen and oxygen atoms in total. The number of nitrogens with zero attached hydrogens (tertiary/aromatic N) is 1. The average molecular weight is 264 g/mol. The number of phenols is 1. The fraction of sp³-hybridized carbons (Fsp3) is 0. The molecule has 2 aromatic carbocycles. The lowest BCUT2D eigenvalue weighted by atomic mass is 10.0. The van der Waals surface area contributed by atoms with Gasteiger partial charge in [0.1, 0.15) is 5.75 Å². The molecule has 0 heterocycles. The largest absolute Gasteiger partial charge is 0.508 e. The fourth-order valence-corrected chi connectivity index (χ4v) is 1.82. The normalized spacial score (nSPS) is 9.94. The van der Waals surface area contributed by atoms with Crippen LogP contribution in [0.15, 0.2) is 36.4 Å². The highest BCUT2D eigenvalue weighted by molar-refractivity contribution is 6.42. The van der Waals surface area contributed by atoms with E-state index < -0.39 is 0 Å². The summed E-state index contributed by atoms with van der Waals surface area (Å²) in [6.45, 7) is 0. The molecule has 0 aliphatic carbocycles. The maximum atomic E-state index is 9.50. The molecule has 0 atom stereocenters. The Hall–Kier alpha value is -1.69. The van der Waals surface area contributed by atoms with Gasteiger partial charge in [-0.05, 0) is 41.5 Å². The number of hydrogen-bond donors (Lipinski definition) is 1. The van der Waals surface area contributed by atoms with Gasteiger partial charge in [-0.15, -0.1) is 0 Å². The maximum Gasteiger partial charge on any atom is 0.117 e. The van der Waals surface area contributed by atoms with Crippen molar-refractivity contribution in [2.24, 2.45) is 0 Å². The van der Waals surface area contributed by atoms with Crippen molar-refractivity contribution in [3.63, 3.8) is 0 Å². The van der Waals surface area contributed by atoms with Gasteiger partial charge in [-0.2, -0.15) is 5.26 Å². The van der Waals surface area contributed by atoms with Crippen LogP contribution in [-0.4, -0.2) is 5.11 Å². The van der Waals surface area contributed by atoms with Gasteiger partial charge in [-0.25, -0.2) is 0 Å². The van der Waals surface area contributed by atoms with Gasteiger partial charge in [0.15, 0.2) is 0 Å². The molecule has 4 heteroatoms. The predicted molar refractivity (Wildman–Crippen MR) is 68.3 cm³/mol. The number of rotatable bonds is 1. The molecule has 0 amide bonds. The molecule has 0 saturated heterocycles. The van der Waals surface area contributed by atoms with Crippen molar-refractivity contribution in [3.05, 3.63) is 52.0 Å². The smallest absolute Gasteiger partial charge is 0.117 e. The minimum Gasteiger partial charge on any atom is -0.508 e. The van der Waals surface area contributed by atoms with E-state index in [1.54, 1.807) is 30.3 Å². The van der Waals surface area contributed by atoms with Gasteiger partial charge in [0.05, 0.1) is 21.7 Å². The van der Waals surface area contributed by atoms with Crippen LogP contribution >= 0.6 is 23.2 Å². The lowest BCUT2D eigenvalue weighted by molar-refractivity contribution is 0.475. The number of aromatic hydroxyl groups is 1. The van der Waals surface area contributed by atoms with Crippen LogP contribution in [0.2, 0.25) is 10.0 Å². The molecule has 84 valence electrons. The quantitative estimate of drug-likeness (QED) is 0.837. The summed E-state index contributed by atoms with van der Waals surface area (Å²) < 4.78 is 0. The van der Waals surface area contributed by atoms with Crippen molar-refractivity contribution < 1.29 is 5.11 Å². The number of benzene rings is 2. The Bertz CT molecular complexity index is 617. The Morgan fingerprint density at radius 3 is 2.35 bits per heavy atom. The lowest BCUT2D eigenvalue weighted by Gasteiger charge is -2.05. The van der Waals surface area contributed by atoms with E-state index in [0.717, 1.165) is 11.1 Å². The summed E-state index contributed by atoms with van der Waals surface area (Å²) in [5.41, 5.74) is 1.91. The van der Waals surface area contributed by atoms with Crippen LogP contribution < -0.4 is 0 Å². The van der Waals surface area contributed by atoms with E-state index in [1.807, 2.05) is 6.07 Å². The minimum atomic E-state index is 0.0464. The first kappa shape index (κ1) is 11.8. The molecular weight excluding hydrogens is 257 g/mol. The molecule has 0 aliphatic rings. The van der Waals surface area contributed by atoms with Crippen LogP contribution in [0.3, 0.4) is 0 Å². The van der Waals surface area contributed by atoms with E-state index in [0.29, 0.717) is 15.6 Å². The molecule has 0 unspecified atom stereocenters. The molecule has 0 spiro atoms. The van der Waals surface area contributed by atoms with Gasteiger partial charge in [-0.1, -0.05) is 29.3 Å². The Kier molecular flexibility index (Phi) is 3.23. The topological polar surface area (TPSA) is 44.0 Å². The van der Waals surface area contributed by atoms with Crippen molar-refractivity contribution in [2.75, 3.05) is 0 Å². The Balaban J connectivity index is 2.56. The van der Waals surface area contributed by atoms with Crippen molar-refractivity contribution in [2.45, 2.75) is 0 Å². The first-order valence-electron chi connectivity index (χ1n) is 4.80. The van der Waals surface area contributed by atoms with Gasteiger partial charge in [0.2, 0.25) is 0 Å². The van der Waals surface area contributed by atoms with Gasteiger partial charge >= 0.3 is 0 Å². The highest BCUT2D eigenvalue weighted by Crippen LogP contribution is 2.30. The minimum absolute atomic E-state index is 0.0464. The maximum absolute atomic E-state index is 9.50. The van der Waals surface area contributed by atoms with E-state index in [-0.39, 0.29) is 5.75 Å². The summed E-state index contributed by atoms with van der Waals surface area (Å²) in [5, 5.41) is 19.2. The molecule has 0 aliphatic heterocycles. The van der Waals surface area contributed by atoms with E-state index in [4.69, 9.17) is 28.5 Å². The number of nitriles is 1. The molecule has 0 radical (unpaired) electrons. The van der Waals surface area contributed by atoms with Crippen LogP contribution in [-0.2, 0) is 0 Å². The fourth-order valence-electron chi connectivity index (χ4n) is 1.52. The molecule has 1 N–H and O–H groups in total. The van der Waals surface area contributed by atoms with E-state index in [2.05, 4.69) is 0 Å². The zero-order chi connectivity index (χ0) is 12.4. The third kappa shape index (κ3) is 2.52. The summed E-state index contributed by atoms with van der Waals surface area (Å²) in [4.78, 5) is 0. The zero-order valence-electron chi connectivity index (χ0n) is 8.61. The van der Waals surface area contributed by atoms with Crippen LogP contribution in [0.25, 0.3) is 11.1 Å². The van der Waals surface area contributed by atoms with Crippen LogP contribution in [0.4, 0.5) is 0 Å². The molecule has 0 bridgehead atoms. The van der Waals surface area contributed by atoms with Crippen LogP contribution in [0.1, 0.15) is 5.56 Å². The summed E-state index contributed by atoms with van der Waals surface area (Å²) in [6, 6.07) is 11.8. The zero-order valence-corrected chi connectivity index (χ0v) is 10.1.